The van der Waals surface area contributed by atoms with Crippen LogP contribution >= 0.6 is 0 Å². The maximum Gasteiger partial charge on any atom is 0.407 e. The summed E-state index contributed by atoms with van der Waals surface area (Å²) < 4.78 is 60.1. The van der Waals surface area contributed by atoms with Crippen LogP contribution in [0.3, 0.4) is 0 Å². The topological polar surface area (TPSA) is 200 Å². The maximum atomic E-state index is 14.2. The molecule has 1 aromatic rings. The number of halogens is 4. The number of hydrogen-bond acceptors (Lipinski definition) is 7. The van der Waals surface area contributed by atoms with E-state index in [4.69, 9.17) is 14.9 Å². The van der Waals surface area contributed by atoms with E-state index in [0.29, 0.717) is 12.1 Å². The van der Waals surface area contributed by atoms with Crippen molar-refractivity contribution in [3.8, 4) is 0 Å². The molecule has 0 unspecified atom stereocenters. The van der Waals surface area contributed by atoms with Gasteiger partial charge in [0.05, 0.1) is 12.2 Å². The molecule has 1 aromatic carbocycles. The summed E-state index contributed by atoms with van der Waals surface area (Å²) >= 11 is 0. The zero-order valence-corrected chi connectivity index (χ0v) is 25.8. The first-order valence-electron chi connectivity index (χ1n) is 14.4. The highest BCUT2D eigenvalue weighted by molar-refractivity contribution is 5.94. The van der Waals surface area contributed by atoms with Gasteiger partial charge in [0, 0.05) is 24.9 Å². The van der Waals surface area contributed by atoms with Crippen LogP contribution in [0.15, 0.2) is 12.1 Å². The number of benzene rings is 1. The molecule has 17 heteroatoms. The van der Waals surface area contributed by atoms with Crippen LogP contribution < -0.4 is 21.3 Å². The number of nitrogens with one attached hydrogen (secondary N) is 4. The number of carbonyl (C=O) groups is 6. The highest BCUT2D eigenvalue weighted by atomic mass is 19.3. The van der Waals surface area contributed by atoms with Crippen LogP contribution in [0.5, 0.6) is 0 Å². The molecule has 0 fully saturated rings. The van der Waals surface area contributed by atoms with Crippen LogP contribution in [-0.2, 0) is 30.3 Å². The third-order valence-corrected chi connectivity index (χ3v) is 6.25. The number of alkyl carbamates (subject to hydrolysis) is 1. The number of aliphatic carboxylic acids is 1. The molecule has 4 amide bonds. The molecule has 0 saturated carbocycles. The summed E-state index contributed by atoms with van der Waals surface area (Å²) in [6.45, 7) is 6.43. The van der Waals surface area contributed by atoms with E-state index in [1.807, 2.05) is 0 Å². The molecule has 0 spiro atoms. The van der Waals surface area contributed by atoms with Gasteiger partial charge in [0.25, 0.3) is 0 Å². The monoisotopic (exact) mass is 664 g/mol. The number of alkyl halides is 2. The number of ether oxygens (including phenoxy) is 1. The van der Waals surface area contributed by atoms with Crippen molar-refractivity contribution in [1.29, 1.82) is 0 Å². The minimum absolute atomic E-state index is 0.00591. The smallest absolute Gasteiger partial charge is 0.407 e. The molecule has 0 aliphatic rings. The van der Waals surface area contributed by atoms with Crippen molar-refractivity contribution in [2.45, 2.75) is 84.4 Å². The molecule has 46 heavy (non-hydrogen) atoms. The second-order valence-corrected chi connectivity index (χ2v) is 11.3. The summed E-state index contributed by atoms with van der Waals surface area (Å²) in [6, 6.07) is -3.51. The molecule has 0 aliphatic carbocycles. The fourth-order valence-corrected chi connectivity index (χ4v) is 4.02. The Morgan fingerprint density at radius 2 is 1.33 bits per heavy atom. The zero-order valence-electron chi connectivity index (χ0n) is 25.8. The van der Waals surface area contributed by atoms with E-state index in [0.717, 1.165) is 0 Å². The summed E-state index contributed by atoms with van der Waals surface area (Å²) in [5.74, 6) is -8.64. The van der Waals surface area contributed by atoms with Gasteiger partial charge in [-0.25, -0.2) is 27.2 Å². The fourth-order valence-electron chi connectivity index (χ4n) is 4.02. The molecule has 3 atom stereocenters. The number of carboxylic acid groups (broad SMARTS) is 2. The number of hydrogen-bond donors (Lipinski definition) is 6. The van der Waals surface area contributed by atoms with Crippen LogP contribution in [0.2, 0.25) is 0 Å². The first kappa shape index (κ1) is 39.6. The normalized spacial score (nSPS) is 13.1. The Morgan fingerprint density at radius 1 is 0.783 bits per heavy atom. The summed E-state index contributed by atoms with van der Waals surface area (Å²) in [7, 11) is 0. The van der Waals surface area contributed by atoms with E-state index in [-0.39, 0.29) is 31.3 Å². The minimum Gasteiger partial charge on any atom is -0.481 e. The predicted octanol–water partition coefficient (Wildman–Crippen LogP) is 2.61. The molecule has 0 radical (unpaired) electrons. The van der Waals surface area contributed by atoms with Gasteiger partial charge < -0.3 is 36.2 Å². The van der Waals surface area contributed by atoms with E-state index in [1.54, 1.807) is 27.7 Å². The summed E-state index contributed by atoms with van der Waals surface area (Å²) in [5, 5.41) is 26.9. The lowest BCUT2D eigenvalue weighted by molar-refractivity contribution is -0.137. The average Bonchev–Trinajstić information content (AvgIpc) is 2.93. The Morgan fingerprint density at radius 3 is 1.80 bits per heavy atom. The molecule has 0 aliphatic heterocycles. The van der Waals surface area contributed by atoms with Gasteiger partial charge >= 0.3 is 18.0 Å². The van der Waals surface area contributed by atoms with Gasteiger partial charge in [-0.1, -0.05) is 27.7 Å². The Labute approximate surface area is 262 Å². The number of amides is 4. The fraction of sp³-hybridized carbons (Fsp3) is 0.586. The van der Waals surface area contributed by atoms with Gasteiger partial charge in [-0.05, 0) is 43.2 Å². The quantitative estimate of drug-likeness (QED) is 0.120. The summed E-state index contributed by atoms with van der Waals surface area (Å²) in [6.07, 6.45) is -6.66. The molecule has 0 bridgehead atoms. The molecule has 6 N–H and O–H groups in total. The highest BCUT2D eigenvalue weighted by Gasteiger charge is 2.32. The number of rotatable bonds is 19. The predicted molar refractivity (Wildman–Crippen MR) is 154 cm³/mol. The molecular formula is C29H40F4N4O9. The van der Waals surface area contributed by atoms with Gasteiger partial charge in [0.1, 0.15) is 29.8 Å². The average molecular weight is 665 g/mol. The van der Waals surface area contributed by atoms with Crippen LogP contribution in [0.25, 0.3) is 0 Å². The Balaban J connectivity index is 3.04. The number of carbonyl (C=O) groups excluding carboxylic acids is 4. The van der Waals surface area contributed by atoms with Crippen LogP contribution in [0, 0.1) is 23.5 Å². The van der Waals surface area contributed by atoms with Crippen LogP contribution in [0.4, 0.5) is 22.4 Å². The molecule has 13 nitrogen and oxygen atoms in total. The number of aromatic carboxylic acids is 1. The molecule has 0 aromatic heterocycles. The minimum atomic E-state index is -3.07. The van der Waals surface area contributed by atoms with E-state index in [2.05, 4.69) is 21.3 Å². The van der Waals surface area contributed by atoms with Gasteiger partial charge in [0.2, 0.25) is 24.1 Å². The SMILES string of the molecule is CC(C)COC(=O)N[C@@H](CCC(=O)O)C(=O)N[C@@H](CC(C)C)C(=O)N[C@@H](CC(F)F)C(=O)NCCc1c(F)cc(C(=O)O)cc1F. The first-order valence-corrected chi connectivity index (χ1v) is 14.4. The standard InChI is InChI=1S/C29H40F4N4O9/c1-14(2)9-21(35-26(41)20(5-6-24(38)39)37-29(45)46-13-15(3)4)27(42)36-22(12-23(32)33)25(40)34-8-7-17-18(30)10-16(28(43)44)11-19(17)31/h10-11,14-15,20-23H,5-9,12-13H2,1-4H3,(H,34,40)(H,35,41)(H,36,42)(H,37,45)(H,38,39)(H,43,44)/t20-,21-,22-/m0/s1. The second-order valence-electron chi connectivity index (χ2n) is 11.3. The van der Waals surface area contributed by atoms with Crippen molar-refractivity contribution in [2.75, 3.05) is 13.2 Å². The van der Waals surface area contributed by atoms with E-state index >= 15 is 0 Å². The van der Waals surface area contributed by atoms with Crippen molar-refractivity contribution in [2.24, 2.45) is 11.8 Å². The third-order valence-electron chi connectivity index (χ3n) is 6.25. The zero-order chi connectivity index (χ0) is 35.1. The largest absolute Gasteiger partial charge is 0.481 e. The van der Waals surface area contributed by atoms with Gasteiger partial charge in [0.15, 0.2) is 0 Å². The van der Waals surface area contributed by atoms with Crippen LogP contribution in [0.1, 0.15) is 69.3 Å². The van der Waals surface area contributed by atoms with Gasteiger partial charge in [-0.15, -0.1) is 0 Å². The lowest BCUT2D eigenvalue weighted by Crippen LogP contribution is -2.57. The van der Waals surface area contributed by atoms with Crippen molar-refractivity contribution in [3.05, 3.63) is 34.9 Å². The van der Waals surface area contributed by atoms with Crippen LogP contribution in [-0.4, -0.2) is 83.7 Å². The van der Waals surface area contributed by atoms with Crippen molar-refractivity contribution >= 4 is 35.8 Å². The first-order chi connectivity index (χ1) is 21.4. The molecule has 258 valence electrons. The lowest BCUT2D eigenvalue weighted by Gasteiger charge is -2.26. The molecular weight excluding hydrogens is 624 g/mol. The van der Waals surface area contributed by atoms with E-state index in [9.17, 15) is 46.3 Å². The molecule has 0 saturated heterocycles. The Kier molecular flexibility index (Phi) is 16.5. The molecule has 1 rings (SSSR count). The van der Waals surface area contributed by atoms with E-state index in [1.165, 1.54) is 0 Å². The van der Waals surface area contributed by atoms with Crippen molar-refractivity contribution in [1.82, 2.24) is 21.3 Å². The lowest BCUT2D eigenvalue weighted by atomic mass is 10.0. The van der Waals surface area contributed by atoms with Crippen molar-refractivity contribution < 1.29 is 61.3 Å². The maximum absolute atomic E-state index is 14.2. The van der Waals surface area contributed by atoms with Crippen molar-refractivity contribution in [3.63, 3.8) is 0 Å². The third kappa shape index (κ3) is 14.6. The number of carboxylic acids is 2. The Hall–Kier alpha value is -4.44. The van der Waals surface area contributed by atoms with E-state index < -0.39 is 109 Å². The van der Waals surface area contributed by atoms with Gasteiger partial charge in [-0.3, -0.25) is 19.2 Å². The summed E-state index contributed by atoms with van der Waals surface area (Å²) in [4.78, 5) is 73.2. The molecule has 0 heterocycles. The Bertz CT molecular complexity index is 1220. The highest BCUT2D eigenvalue weighted by Crippen LogP contribution is 2.16. The van der Waals surface area contributed by atoms with Gasteiger partial charge in [-0.2, -0.15) is 0 Å². The second kappa shape index (κ2) is 19.2. The summed E-state index contributed by atoms with van der Waals surface area (Å²) in [5.41, 5.74) is -1.20.